The van der Waals surface area contributed by atoms with Gasteiger partial charge in [-0.25, -0.2) is 4.98 Å². The lowest BCUT2D eigenvalue weighted by atomic mass is 10.3. The molecular weight excluding hydrogens is 270 g/mol. The number of primary amides is 1. The van der Waals surface area contributed by atoms with Crippen molar-refractivity contribution in [2.75, 3.05) is 5.75 Å². The molecule has 0 spiro atoms. The van der Waals surface area contributed by atoms with Crippen LogP contribution < -0.4 is 5.73 Å². The van der Waals surface area contributed by atoms with Crippen molar-refractivity contribution in [2.24, 2.45) is 10.7 Å². The number of aliphatic imine (C=N–C) groups is 1. The maximum Gasteiger partial charge on any atom is 0.243 e. The molecule has 5 nitrogen and oxygen atoms in total. The van der Waals surface area contributed by atoms with E-state index < -0.39 is 11.9 Å². The van der Waals surface area contributed by atoms with Gasteiger partial charge < -0.3 is 10.8 Å². The molecule has 2 aromatic rings. The van der Waals surface area contributed by atoms with Crippen LogP contribution in [-0.4, -0.2) is 32.8 Å². The summed E-state index contributed by atoms with van der Waals surface area (Å²) in [5.74, 6) is 0.385. The minimum absolute atomic E-state index is 0.216. The molecule has 0 saturated heterocycles. The second-order valence-corrected chi connectivity index (χ2v) is 5.87. The molecular formula is C11H9N3O2S2. The monoisotopic (exact) mass is 279 g/mol. The van der Waals surface area contributed by atoms with E-state index in [4.69, 9.17) is 5.73 Å². The second kappa shape index (κ2) is 4.25. The summed E-state index contributed by atoms with van der Waals surface area (Å²) in [5.41, 5.74) is 6.04. The van der Waals surface area contributed by atoms with Crippen LogP contribution in [0.15, 0.2) is 23.2 Å². The molecule has 1 aliphatic heterocycles. The number of hydrogen-bond acceptors (Lipinski definition) is 6. The Morgan fingerprint density at radius 1 is 1.50 bits per heavy atom. The number of rotatable bonds is 2. The van der Waals surface area contributed by atoms with Crippen LogP contribution in [0.3, 0.4) is 0 Å². The van der Waals surface area contributed by atoms with Gasteiger partial charge in [-0.2, -0.15) is 0 Å². The fraction of sp³-hybridized carbons (Fsp3) is 0.182. The van der Waals surface area contributed by atoms with Crippen LogP contribution in [0.5, 0.6) is 5.75 Å². The van der Waals surface area contributed by atoms with Crippen molar-refractivity contribution < 1.29 is 9.90 Å². The zero-order valence-corrected chi connectivity index (χ0v) is 10.8. The Labute approximate surface area is 111 Å². The molecule has 0 unspecified atom stereocenters. The highest BCUT2D eigenvalue weighted by Gasteiger charge is 2.25. The van der Waals surface area contributed by atoms with Crippen molar-refractivity contribution in [3.63, 3.8) is 0 Å². The van der Waals surface area contributed by atoms with Crippen LogP contribution in [0.4, 0.5) is 0 Å². The van der Waals surface area contributed by atoms with Crippen molar-refractivity contribution in [2.45, 2.75) is 6.04 Å². The summed E-state index contributed by atoms with van der Waals surface area (Å²) in [6, 6.07) is 4.57. The number of thioether (sulfide) groups is 1. The predicted octanol–water partition coefficient (Wildman–Crippen LogP) is 1.35. The topological polar surface area (TPSA) is 88.6 Å². The van der Waals surface area contributed by atoms with Crippen molar-refractivity contribution in [3.05, 3.63) is 23.2 Å². The van der Waals surface area contributed by atoms with Gasteiger partial charge in [-0.1, -0.05) is 0 Å². The summed E-state index contributed by atoms with van der Waals surface area (Å²) in [6.07, 6.45) is 0. The summed E-state index contributed by atoms with van der Waals surface area (Å²) in [6.45, 7) is 0. The molecule has 1 amide bonds. The normalized spacial score (nSPS) is 19.1. The van der Waals surface area contributed by atoms with Crippen molar-refractivity contribution in [1.29, 1.82) is 0 Å². The van der Waals surface area contributed by atoms with E-state index in [9.17, 15) is 9.90 Å². The maximum atomic E-state index is 11.0. The molecule has 92 valence electrons. The van der Waals surface area contributed by atoms with Gasteiger partial charge in [-0.3, -0.25) is 9.79 Å². The lowest BCUT2D eigenvalue weighted by Gasteiger charge is -1.95. The smallest absolute Gasteiger partial charge is 0.243 e. The predicted molar refractivity (Wildman–Crippen MR) is 73.3 cm³/mol. The highest BCUT2D eigenvalue weighted by atomic mass is 32.2. The number of aromatic nitrogens is 1. The number of thiazole rings is 1. The first-order chi connectivity index (χ1) is 8.63. The van der Waals surface area contributed by atoms with E-state index in [-0.39, 0.29) is 5.75 Å². The summed E-state index contributed by atoms with van der Waals surface area (Å²) in [4.78, 5) is 19.7. The molecule has 18 heavy (non-hydrogen) atoms. The standard InChI is InChI=1S/C11H9N3O2S2/c12-9(16)7-4-17-10(14-7)11-13-6-2-1-5(15)3-8(6)18-11/h1-3,7,15H,4H2,(H2,12,16)/t7-/m1/s1. The number of aromatic hydroxyl groups is 1. The van der Waals surface area contributed by atoms with Gasteiger partial charge in [-0.15, -0.1) is 23.1 Å². The van der Waals surface area contributed by atoms with Crippen LogP contribution in [0.25, 0.3) is 10.2 Å². The second-order valence-electron chi connectivity index (χ2n) is 3.83. The molecule has 1 atom stereocenters. The molecule has 0 saturated carbocycles. The number of carbonyl (C=O) groups is 1. The molecule has 3 rings (SSSR count). The first-order valence-corrected chi connectivity index (χ1v) is 7.03. The Bertz CT molecular complexity index is 665. The van der Waals surface area contributed by atoms with Gasteiger partial charge in [0, 0.05) is 5.75 Å². The van der Waals surface area contributed by atoms with Gasteiger partial charge in [0.25, 0.3) is 0 Å². The molecule has 0 aliphatic carbocycles. The Morgan fingerprint density at radius 2 is 2.33 bits per heavy atom. The number of benzene rings is 1. The summed E-state index contributed by atoms with van der Waals surface area (Å²) < 4.78 is 0.899. The third-order valence-electron chi connectivity index (χ3n) is 2.53. The SMILES string of the molecule is NC(=O)[C@H]1CSC(c2nc3ccc(O)cc3s2)=N1. The van der Waals surface area contributed by atoms with Crippen LogP contribution >= 0.6 is 23.1 Å². The van der Waals surface area contributed by atoms with Gasteiger partial charge in [0.15, 0.2) is 0 Å². The van der Waals surface area contributed by atoms with E-state index in [1.54, 1.807) is 18.2 Å². The molecule has 7 heteroatoms. The Morgan fingerprint density at radius 3 is 3.06 bits per heavy atom. The van der Waals surface area contributed by atoms with E-state index in [0.29, 0.717) is 5.75 Å². The fourth-order valence-electron chi connectivity index (χ4n) is 1.64. The number of nitrogens with two attached hydrogens (primary N) is 1. The molecule has 1 aromatic carbocycles. The highest BCUT2D eigenvalue weighted by Crippen LogP contribution is 2.31. The largest absolute Gasteiger partial charge is 0.508 e. The maximum absolute atomic E-state index is 11.0. The number of hydrogen-bond donors (Lipinski definition) is 2. The lowest BCUT2D eigenvalue weighted by Crippen LogP contribution is -2.26. The number of nitrogens with zero attached hydrogens (tertiary/aromatic N) is 2. The van der Waals surface area contributed by atoms with E-state index in [1.165, 1.54) is 23.1 Å². The first kappa shape index (κ1) is 11.5. The molecule has 3 N–H and O–H groups in total. The highest BCUT2D eigenvalue weighted by molar-refractivity contribution is 8.15. The van der Waals surface area contributed by atoms with E-state index in [1.807, 2.05) is 0 Å². The molecule has 0 radical (unpaired) electrons. The van der Waals surface area contributed by atoms with Crippen LogP contribution in [0.1, 0.15) is 5.01 Å². The van der Waals surface area contributed by atoms with Gasteiger partial charge in [0.2, 0.25) is 5.91 Å². The number of phenols is 1. The number of amides is 1. The first-order valence-electron chi connectivity index (χ1n) is 5.23. The minimum Gasteiger partial charge on any atom is -0.508 e. The third-order valence-corrected chi connectivity index (χ3v) is 4.74. The van der Waals surface area contributed by atoms with Crippen molar-refractivity contribution in [3.8, 4) is 5.75 Å². The van der Waals surface area contributed by atoms with Gasteiger partial charge in [0.05, 0.1) is 10.2 Å². The molecule has 0 fully saturated rings. The zero-order chi connectivity index (χ0) is 12.7. The van der Waals surface area contributed by atoms with Crippen LogP contribution in [-0.2, 0) is 4.79 Å². The average Bonchev–Trinajstić information content (AvgIpc) is 2.93. The Balaban J connectivity index is 2.00. The Hall–Kier alpha value is -1.60. The lowest BCUT2D eigenvalue weighted by molar-refractivity contribution is -0.118. The van der Waals surface area contributed by atoms with E-state index in [0.717, 1.165) is 20.3 Å². The van der Waals surface area contributed by atoms with Crippen LogP contribution in [0.2, 0.25) is 0 Å². The number of carbonyl (C=O) groups excluding carboxylic acids is 1. The van der Waals surface area contributed by atoms with E-state index in [2.05, 4.69) is 9.98 Å². The van der Waals surface area contributed by atoms with Gasteiger partial charge in [-0.05, 0) is 18.2 Å². The average molecular weight is 279 g/mol. The number of fused-ring (bicyclic) bond motifs is 1. The van der Waals surface area contributed by atoms with E-state index >= 15 is 0 Å². The van der Waals surface area contributed by atoms with Crippen molar-refractivity contribution >= 4 is 44.3 Å². The number of phenolic OH excluding ortho intramolecular Hbond substituents is 1. The molecule has 1 aromatic heterocycles. The quantitative estimate of drug-likeness (QED) is 0.868. The summed E-state index contributed by atoms with van der Waals surface area (Å²) in [7, 11) is 0. The zero-order valence-electron chi connectivity index (χ0n) is 9.16. The molecule has 2 heterocycles. The molecule has 1 aliphatic rings. The summed E-state index contributed by atoms with van der Waals surface area (Å²) >= 11 is 2.93. The summed E-state index contributed by atoms with van der Waals surface area (Å²) in [5, 5.41) is 10.9. The van der Waals surface area contributed by atoms with Crippen LogP contribution in [0, 0.1) is 0 Å². The fourth-order valence-corrected chi connectivity index (χ4v) is 3.76. The Kier molecular flexibility index (Phi) is 2.71. The minimum atomic E-state index is -0.453. The third kappa shape index (κ3) is 1.95. The van der Waals surface area contributed by atoms with Gasteiger partial charge >= 0.3 is 0 Å². The molecule has 0 bridgehead atoms. The van der Waals surface area contributed by atoms with Crippen molar-refractivity contribution in [1.82, 2.24) is 4.98 Å². The van der Waals surface area contributed by atoms with Gasteiger partial charge in [0.1, 0.15) is 21.8 Å².